The molecular weight excluding hydrogens is 618 g/mol. The fraction of sp³-hybridized carbons (Fsp3) is 0.541. The van der Waals surface area contributed by atoms with E-state index in [1.807, 2.05) is 84.9 Å². The van der Waals surface area contributed by atoms with E-state index in [1.165, 1.54) is 0 Å². The topological polar surface area (TPSA) is 169 Å². The Hall–Kier alpha value is -4.63. The zero-order valence-electron chi connectivity index (χ0n) is 29.5. The molecular formula is C37H47N9O3. The molecule has 1 aliphatic heterocycles. The smallest absolute Gasteiger partial charge is 0.251 e. The molecule has 3 aliphatic rings. The van der Waals surface area contributed by atoms with Crippen LogP contribution in [0.25, 0.3) is 0 Å². The molecule has 2 aromatic carbocycles. The Morgan fingerprint density at radius 3 is 2.02 bits per heavy atom. The Labute approximate surface area is 287 Å². The molecule has 12 nitrogen and oxygen atoms in total. The van der Waals surface area contributed by atoms with Crippen LogP contribution in [0.3, 0.4) is 0 Å². The molecule has 12 heteroatoms. The van der Waals surface area contributed by atoms with Crippen LogP contribution < -0.4 is 16.0 Å². The zero-order valence-corrected chi connectivity index (χ0v) is 29.5. The minimum atomic E-state index is -0.938. The van der Waals surface area contributed by atoms with Crippen molar-refractivity contribution in [1.29, 1.82) is 5.26 Å². The minimum absolute atomic E-state index is 0.0670. The summed E-state index contributed by atoms with van der Waals surface area (Å²) in [5.74, 6) is 0.514. The van der Waals surface area contributed by atoms with E-state index in [0.717, 1.165) is 35.1 Å². The molecule has 1 saturated carbocycles. The molecule has 0 spiro atoms. The second kappa shape index (κ2) is 12.7. The van der Waals surface area contributed by atoms with Crippen molar-refractivity contribution in [2.75, 3.05) is 6.54 Å². The number of aromatic nitrogens is 4. The molecule has 2 aliphatic carbocycles. The third kappa shape index (κ3) is 6.95. The second-order valence-corrected chi connectivity index (χ2v) is 16.0. The molecule has 258 valence electrons. The number of piperidine rings is 1. The minimum Gasteiger partial charge on any atom is -0.347 e. The van der Waals surface area contributed by atoms with Crippen molar-refractivity contribution in [3.8, 4) is 6.07 Å². The second-order valence-electron chi connectivity index (χ2n) is 16.0. The molecule has 0 bridgehead atoms. The average Bonchev–Trinajstić information content (AvgIpc) is 3.41. The Balaban J connectivity index is 1.41. The number of fused-ring (bicyclic) bond motifs is 3. The van der Waals surface area contributed by atoms with E-state index in [-0.39, 0.29) is 42.4 Å². The predicted octanol–water partition coefficient (Wildman–Crippen LogP) is 3.57. The molecule has 1 aromatic heterocycles. The fourth-order valence-electron chi connectivity index (χ4n) is 7.67. The van der Waals surface area contributed by atoms with Gasteiger partial charge in [-0.15, -0.1) is 10.2 Å². The maximum atomic E-state index is 13.4. The molecule has 2 fully saturated rings. The van der Waals surface area contributed by atoms with E-state index in [4.69, 9.17) is 0 Å². The first-order valence-electron chi connectivity index (χ1n) is 17.2. The molecule has 1 saturated heterocycles. The number of carbonyl (C=O) groups excluding carboxylic acids is 3. The summed E-state index contributed by atoms with van der Waals surface area (Å²) >= 11 is 0. The monoisotopic (exact) mass is 665 g/mol. The number of hydrogen-bond acceptors (Lipinski definition) is 8. The van der Waals surface area contributed by atoms with Gasteiger partial charge in [0.25, 0.3) is 11.8 Å². The number of likely N-dealkylation sites (tertiary alicyclic amines) is 1. The highest BCUT2D eigenvalue weighted by atomic mass is 16.2. The molecule has 4 N–H and O–H groups in total. The van der Waals surface area contributed by atoms with Gasteiger partial charge in [-0.25, -0.2) is 0 Å². The largest absolute Gasteiger partial charge is 0.347 e. The lowest BCUT2D eigenvalue weighted by molar-refractivity contribution is -0.131. The molecule has 49 heavy (non-hydrogen) atoms. The first-order valence-corrected chi connectivity index (χ1v) is 17.2. The summed E-state index contributed by atoms with van der Waals surface area (Å²) in [6.07, 6.45) is 3.42. The van der Waals surface area contributed by atoms with Crippen LogP contribution in [-0.2, 0) is 23.1 Å². The van der Waals surface area contributed by atoms with E-state index in [2.05, 4.69) is 42.6 Å². The van der Waals surface area contributed by atoms with Crippen molar-refractivity contribution in [2.24, 2.45) is 5.92 Å². The summed E-state index contributed by atoms with van der Waals surface area (Å²) in [7, 11) is 0. The van der Waals surface area contributed by atoms with Gasteiger partial charge < -0.3 is 20.9 Å². The summed E-state index contributed by atoms with van der Waals surface area (Å²) in [6, 6.07) is 13.5. The van der Waals surface area contributed by atoms with E-state index in [0.29, 0.717) is 42.1 Å². The lowest BCUT2D eigenvalue weighted by atomic mass is 9.67. The molecule has 1 unspecified atom stereocenters. The highest BCUT2D eigenvalue weighted by Crippen LogP contribution is 2.48. The number of aromatic amines is 1. The number of benzene rings is 2. The van der Waals surface area contributed by atoms with Gasteiger partial charge >= 0.3 is 0 Å². The summed E-state index contributed by atoms with van der Waals surface area (Å²) in [6.45, 7) is 13.8. The Morgan fingerprint density at radius 1 is 0.959 bits per heavy atom. The summed E-state index contributed by atoms with van der Waals surface area (Å²) < 4.78 is 0. The molecule has 3 aromatic rings. The number of tetrazole rings is 1. The molecule has 0 radical (unpaired) electrons. The number of amides is 3. The van der Waals surface area contributed by atoms with Gasteiger partial charge in [-0.3, -0.25) is 14.4 Å². The SMILES string of the molecule is C[C@@H](CC1(c2nn[nH]n2)c2ccc(C(=O)NC(C)(C)C)cc2CCc2cc(C(=O)NC(C)(C)C)ccc21)NCC(=O)N1C(C#N)C[C@@H]2C[C@@H]21. The van der Waals surface area contributed by atoms with E-state index < -0.39 is 16.5 Å². The van der Waals surface area contributed by atoms with Crippen LogP contribution in [0.4, 0.5) is 0 Å². The lowest BCUT2D eigenvalue weighted by Crippen LogP contribution is -2.46. The maximum Gasteiger partial charge on any atom is 0.251 e. The van der Waals surface area contributed by atoms with Crippen molar-refractivity contribution in [3.05, 3.63) is 75.6 Å². The normalized spacial score (nSPS) is 21.3. The number of H-pyrrole nitrogens is 1. The lowest BCUT2D eigenvalue weighted by Gasteiger charge is -2.36. The van der Waals surface area contributed by atoms with Crippen LogP contribution in [0, 0.1) is 17.2 Å². The average molecular weight is 666 g/mol. The number of nitrogens with one attached hydrogen (secondary N) is 4. The molecule has 4 atom stereocenters. The van der Waals surface area contributed by atoms with Crippen molar-refractivity contribution in [3.63, 3.8) is 0 Å². The van der Waals surface area contributed by atoms with Crippen LogP contribution in [0.1, 0.15) is 117 Å². The first kappa shape index (κ1) is 34.2. The van der Waals surface area contributed by atoms with Gasteiger partial charge in [0.1, 0.15) is 6.04 Å². The standard InChI is InChI=1S/C37H47N9O3/c1-21(39-20-31(47)46-27(19-38)16-26-17-30(26)46)18-37(34-42-44-45-43-34)28-12-10-24(32(48)40-35(2,3)4)14-22(28)8-9-23-15-25(11-13-29(23)37)33(49)41-36(5,6)7/h10-15,21,26-27,30,39H,8-9,16-18,20H2,1-7H3,(H,40,48)(H,41,49)(H,42,43,44,45)/t21-,26+,27?,30-/m0/s1. The van der Waals surface area contributed by atoms with E-state index >= 15 is 0 Å². The Bertz CT molecular complexity index is 1720. The Kier molecular flexibility index (Phi) is 8.86. The summed E-state index contributed by atoms with van der Waals surface area (Å²) in [5.41, 5.74) is 3.19. The molecule has 2 heterocycles. The van der Waals surface area contributed by atoms with Gasteiger partial charge in [0.15, 0.2) is 5.82 Å². The van der Waals surface area contributed by atoms with Crippen molar-refractivity contribution >= 4 is 17.7 Å². The first-order chi connectivity index (χ1) is 23.1. The summed E-state index contributed by atoms with van der Waals surface area (Å²) in [5, 5.41) is 35.0. The van der Waals surface area contributed by atoms with Gasteiger partial charge in [-0.05, 0) is 133 Å². The number of aryl methyl sites for hydroxylation is 2. The van der Waals surface area contributed by atoms with Gasteiger partial charge in [-0.2, -0.15) is 10.5 Å². The van der Waals surface area contributed by atoms with Crippen LogP contribution in [-0.4, -0.2) is 79.0 Å². The number of hydrogen-bond donors (Lipinski definition) is 4. The third-order valence-corrected chi connectivity index (χ3v) is 9.78. The van der Waals surface area contributed by atoms with Crippen molar-refractivity contribution in [1.82, 2.24) is 41.5 Å². The van der Waals surface area contributed by atoms with Gasteiger partial charge in [0, 0.05) is 34.3 Å². The summed E-state index contributed by atoms with van der Waals surface area (Å²) in [4.78, 5) is 41.8. The van der Waals surface area contributed by atoms with E-state index in [1.54, 1.807) is 4.90 Å². The number of rotatable bonds is 8. The highest BCUT2D eigenvalue weighted by molar-refractivity contribution is 5.96. The van der Waals surface area contributed by atoms with Crippen molar-refractivity contribution < 1.29 is 14.4 Å². The quantitative estimate of drug-likeness (QED) is 0.283. The fourth-order valence-corrected chi connectivity index (χ4v) is 7.67. The van der Waals surface area contributed by atoms with Crippen LogP contribution >= 0.6 is 0 Å². The molecule has 3 amide bonds. The molecule has 6 rings (SSSR count). The van der Waals surface area contributed by atoms with Gasteiger partial charge in [-0.1, -0.05) is 17.3 Å². The van der Waals surface area contributed by atoms with Gasteiger partial charge in [0.2, 0.25) is 5.91 Å². The Morgan fingerprint density at radius 2 is 1.53 bits per heavy atom. The number of nitrogens with zero attached hydrogens (tertiary/aromatic N) is 5. The maximum absolute atomic E-state index is 13.4. The van der Waals surface area contributed by atoms with Crippen molar-refractivity contribution in [2.45, 2.75) is 115 Å². The van der Waals surface area contributed by atoms with Crippen LogP contribution in [0.5, 0.6) is 0 Å². The van der Waals surface area contributed by atoms with E-state index in [9.17, 15) is 19.6 Å². The van der Waals surface area contributed by atoms with Crippen LogP contribution in [0.2, 0.25) is 0 Å². The third-order valence-electron chi connectivity index (χ3n) is 9.78. The number of carbonyl (C=O) groups is 3. The van der Waals surface area contributed by atoms with Gasteiger partial charge in [0.05, 0.1) is 18.0 Å². The van der Waals surface area contributed by atoms with Crippen LogP contribution in [0.15, 0.2) is 36.4 Å². The highest BCUT2D eigenvalue weighted by Gasteiger charge is 2.54. The predicted molar refractivity (Wildman–Crippen MR) is 184 cm³/mol. The zero-order chi connectivity index (χ0) is 35.3. The number of nitriles is 1.